The summed E-state index contributed by atoms with van der Waals surface area (Å²) >= 11 is 0. The molecule has 0 aliphatic rings. The van der Waals surface area contributed by atoms with Gasteiger partial charge in [0.2, 0.25) is 0 Å². The lowest BCUT2D eigenvalue weighted by Gasteiger charge is -2.05. The fourth-order valence-electron chi connectivity index (χ4n) is 0.392. The highest BCUT2D eigenvalue weighted by atomic mass is 16.6. The van der Waals surface area contributed by atoms with Gasteiger partial charge in [0.15, 0.2) is 0 Å². The number of aliphatic carboxylic acids is 1. The minimum absolute atomic E-state index is 0.0446. The lowest BCUT2D eigenvalue weighted by molar-refractivity contribution is -0.148. The number of esters is 1. The summed E-state index contributed by atoms with van der Waals surface area (Å²) in [4.78, 5) is 20.4. The van der Waals surface area contributed by atoms with Crippen LogP contribution in [0.5, 0.6) is 0 Å². The third kappa shape index (κ3) is 12.9. The molecule has 16 heavy (non-hydrogen) atoms. The van der Waals surface area contributed by atoms with Crippen LogP contribution in [0, 0.1) is 11.8 Å². The van der Waals surface area contributed by atoms with Crippen molar-refractivity contribution >= 4 is 11.9 Å². The van der Waals surface area contributed by atoms with Crippen LogP contribution in [-0.2, 0) is 19.1 Å². The molecule has 0 aromatic heterocycles. The maximum Gasteiger partial charge on any atom is 0.308 e. The molecule has 0 atom stereocenters. The van der Waals surface area contributed by atoms with E-state index < -0.39 is 5.97 Å². The number of carboxylic acid groups (broad SMARTS) is 1. The molecule has 5 nitrogen and oxygen atoms in total. The molecule has 0 heterocycles. The maximum atomic E-state index is 10.7. The van der Waals surface area contributed by atoms with Gasteiger partial charge in [0.05, 0.1) is 18.4 Å². The van der Waals surface area contributed by atoms with Crippen molar-refractivity contribution in [3.8, 4) is 0 Å². The first-order chi connectivity index (χ1) is 7.32. The number of hydrogen-bond acceptors (Lipinski definition) is 4. The molecule has 0 saturated heterocycles. The summed E-state index contributed by atoms with van der Waals surface area (Å²) in [6, 6.07) is 0. The van der Waals surface area contributed by atoms with Gasteiger partial charge in [0, 0.05) is 7.11 Å². The van der Waals surface area contributed by atoms with Crippen LogP contribution in [0.4, 0.5) is 0 Å². The van der Waals surface area contributed by atoms with Gasteiger partial charge < -0.3 is 14.6 Å². The Morgan fingerprint density at radius 1 is 1.06 bits per heavy atom. The third-order valence-electron chi connectivity index (χ3n) is 1.50. The van der Waals surface area contributed by atoms with E-state index in [2.05, 4.69) is 0 Å². The third-order valence-corrected chi connectivity index (χ3v) is 1.50. The van der Waals surface area contributed by atoms with Gasteiger partial charge >= 0.3 is 11.9 Å². The lowest BCUT2D eigenvalue weighted by Crippen LogP contribution is -2.14. The van der Waals surface area contributed by atoms with Crippen LogP contribution < -0.4 is 0 Å². The van der Waals surface area contributed by atoms with Gasteiger partial charge in [-0.15, -0.1) is 0 Å². The van der Waals surface area contributed by atoms with Crippen molar-refractivity contribution in [2.45, 2.75) is 27.7 Å². The van der Waals surface area contributed by atoms with Gasteiger partial charge in [-0.3, -0.25) is 9.59 Å². The summed E-state index contributed by atoms with van der Waals surface area (Å²) in [6.45, 7) is 7.71. The first kappa shape index (κ1) is 17.3. The zero-order valence-electron chi connectivity index (χ0n) is 10.6. The van der Waals surface area contributed by atoms with E-state index in [1.165, 1.54) is 0 Å². The first-order valence-corrected chi connectivity index (χ1v) is 5.21. The van der Waals surface area contributed by atoms with Crippen molar-refractivity contribution in [3.05, 3.63) is 0 Å². The highest BCUT2D eigenvalue weighted by Gasteiger charge is 2.06. The summed E-state index contributed by atoms with van der Waals surface area (Å²) < 4.78 is 9.47. The SMILES string of the molecule is CC(C)C(=O)O.COCCOC(=O)C(C)C. The average Bonchev–Trinajstić information content (AvgIpc) is 2.18. The van der Waals surface area contributed by atoms with Gasteiger partial charge in [0.1, 0.15) is 6.61 Å². The smallest absolute Gasteiger partial charge is 0.308 e. The summed E-state index contributed by atoms with van der Waals surface area (Å²) in [7, 11) is 1.57. The van der Waals surface area contributed by atoms with Gasteiger partial charge in [0.25, 0.3) is 0 Å². The van der Waals surface area contributed by atoms with E-state index in [9.17, 15) is 9.59 Å². The fraction of sp³-hybridized carbons (Fsp3) is 0.818. The van der Waals surface area contributed by atoms with E-state index in [-0.39, 0.29) is 17.8 Å². The number of rotatable bonds is 5. The summed E-state index contributed by atoms with van der Waals surface area (Å²) in [5, 5.41) is 7.99. The Hall–Kier alpha value is -1.10. The van der Waals surface area contributed by atoms with Crippen LogP contribution in [0.25, 0.3) is 0 Å². The van der Waals surface area contributed by atoms with Gasteiger partial charge in [-0.25, -0.2) is 0 Å². The second kappa shape index (κ2) is 10.4. The molecule has 0 bridgehead atoms. The fourth-order valence-corrected chi connectivity index (χ4v) is 0.392. The molecule has 5 heteroatoms. The average molecular weight is 234 g/mol. The quantitative estimate of drug-likeness (QED) is 0.577. The molecule has 0 amide bonds. The van der Waals surface area contributed by atoms with Crippen molar-refractivity contribution in [2.75, 3.05) is 20.3 Å². The summed E-state index contributed by atoms with van der Waals surface area (Å²) in [5.74, 6) is -1.19. The van der Waals surface area contributed by atoms with Crippen molar-refractivity contribution in [3.63, 3.8) is 0 Å². The van der Waals surface area contributed by atoms with E-state index >= 15 is 0 Å². The molecule has 96 valence electrons. The Bertz CT molecular complexity index is 199. The zero-order chi connectivity index (χ0) is 13.1. The van der Waals surface area contributed by atoms with Crippen LogP contribution in [-0.4, -0.2) is 37.4 Å². The monoisotopic (exact) mass is 234 g/mol. The molecule has 0 fully saturated rings. The molecule has 0 radical (unpaired) electrons. The van der Waals surface area contributed by atoms with Crippen molar-refractivity contribution in [2.24, 2.45) is 11.8 Å². The van der Waals surface area contributed by atoms with Crippen LogP contribution in [0.2, 0.25) is 0 Å². The van der Waals surface area contributed by atoms with Crippen molar-refractivity contribution in [1.82, 2.24) is 0 Å². The molecule has 0 unspecified atom stereocenters. The molecule has 0 spiro atoms. The van der Waals surface area contributed by atoms with Crippen molar-refractivity contribution < 1.29 is 24.2 Å². The first-order valence-electron chi connectivity index (χ1n) is 5.21. The lowest BCUT2D eigenvalue weighted by atomic mass is 10.2. The molecular weight excluding hydrogens is 212 g/mol. The largest absolute Gasteiger partial charge is 0.481 e. The Morgan fingerprint density at radius 2 is 1.50 bits per heavy atom. The predicted molar refractivity (Wildman–Crippen MR) is 60.1 cm³/mol. The standard InChI is InChI=1S/C7H14O3.C4H8O2/c1-6(2)7(8)10-5-4-9-3;1-3(2)4(5)6/h6H,4-5H2,1-3H3;3H,1-2H3,(H,5,6). The topological polar surface area (TPSA) is 72.8 Å². The molecular formula is C11H22O5. The molecule has 0 aromatic rings. The van der Waals surface area contributed by atoms with Crippen LogP contribution in [0.1, 0.15) is 27.7 Å². The molecule has 0 rings (SSSR count). The Kier molecular flexibility index (Phi) is 11.3. The molecule has 0 aromatic carbocycles. The minimum Gasteiger partial charge on any atom is -0.481 e. The number of carboxylic acids is 1. The number of carbonyl (C=O) groups excluding carboxylic acids is 1. The highest BCUT2D eigenvalue weighted by molar-refractivity contribution is 5.71. The van der Waals surface area contributed by atoms with Gasteiger partial charge in [-0.1, -0.05) is 27.7 Å². The van der Waals surface area contributed by atoms with Crippen LogP contribution in [0.3, 0.4) is 0 Å². The van der Waals surface area contributed by atoms with E-state index in [1.54, 1.807) is 34.8 Å². The Morgan fingerprint density at radius 3 is 1.75 bits per heavy atom. The Labute approximate surface area is 96.7 Å². The van der Waals surface area contributed by atoms with E-state index in [0.29, 0.717) is 13.2 Å². The predicted octanol–water partition coefficient (Wildman–Crippen LogP) is 1.56. The number of methoxy groups -OCH3 is 1. The van der Waals surface area contributed by atoms with E-state index in [0.717, 1.165) is 0 Å². The maximum absolute atomic E-state index is 10.7. The molecule has 0 aliphatic carbocycles. The summed E-state index contributed by atoms with van der Waals surface area (Å²) in [6.07, 6.45) is 0. The molecule has 0 saturated carbocycles. The minimum atomic E-state index is -0.741. The second-order valence-corrected chi connectivity index (χ2v) is 3.81. The molecule has 0 aliphatic heterocycles. The number of hydrogen-bond donors (Lipinski definition) is 1. The highest BCUT2D eigenvalue weighted by Crippen LogP contribution is 1.94. The zero-order valence-corrected chi connectivity index (χ0v) is 10.6. The summed E-state index contributed by atoms with van der Waals surface area (Å²) in [5.41, 5.74) is 0. The molecule has 1 N–H and O–H groups in total. The van der Waals surface area contributed by atoms with Gasteiger partial charge in [-0.05, 0) is 0 Å². The van der Waals surface area contributed by atoms with Crippen molar-refractivity contribution in [1.29, 1.82) is 0 Å². The van der Waals surface area contributed by atoms with Crippen LogP contribution in [0.15, 0.2) is 0 Å². The van der Waals surface area contributed by atoms with Crippen LogP contribution >= 0.6 is 0 Å². The second-order valence-electron chi connectivity index (χ2n) is 3.81. The number of carbonyl (C=O) groups is 2. The number of ether oxygens (including phenoxy) is 2. The van der Waals surface area contributed by atoms with E-state index in [4.69, 9.17) is 14.6 Å². The normalized spacial score (nSPS) is 9.69. The van der Waals surface area contributed by atoms with Gasteiger partial charge in [-0.2, -0.15) is 0 Å². The van der Waals surface area contributed by atoms with E-state index in [1.807, 2.05) is 0 Å². The Balaban J connectivity index is 0.